The van der Waals surface area contributed by atoms with Crippen molar-refractivity contribution in [3.8, 4) is 5.75 Å². The van der Waals surface area contributed by atoms with Crippen LogP contribution in [0.5, 0.6) is 5.75 Å². The van der Waals surface area contributed by atoms with Gasteiger partial charge in [0, 0.05) is 26.2 Å². The predicted molar refractivity (Wildman–Crippen MR) is 92.2 cm³/mol. The fourth-order valence-corrected chi connectivity index (χ4v) is 3.12. The Hall–Kier alpha value is -2.56. The molecule has 0 unspecified atom stereocenters. The Morgan fingerprint density at radius 1 is 1.04 bits per heavy atom. The van der Waals surface area contributed by atoms with Crippen LogP contribution in [0.4, 0.5) is 10.1 Å². The number of hydrogen-bond acceptors (Lipinski definition) is 3. The third-order valence-electron chi connectivity index (χ3n) is 4.41. The van der Waals surface area contributed by atoms with E-state index < -0.39 is 0 Å². The molecule has 2 aromatic rings. The van der Waals surface area contributed by atoms with Gasteiger partial charge in [-0.3, -0.25) is 4.79 Å². The summed E-state index contributed by atoms with van der Waals surface area (Å²) in [7, 11) is 1.58. The lowest BCUT2D eigenvalue weighted by Crippen LogP contribution is -2.49. The molecule has 1 fully saturated rings. The number of carbonyl (C=O) groups excluding carboxylic acids is 1. The van der Waals surface area contributed by atoms with Crippen molar-refractivity contribution in [1.82, 2.24) is 4.90 Å². The number of benzene rings is 2. The number of amides is 1. The van der Waals surface area contributed by atoms with Gasteiger partial charge in [0.05, 0.1) is 18.4 Å². The molecule has 1 aliphatic heterocycles. The van der Waals surface area contributed by atoms with E-state index in [1.165, 1.54) is 6.07 Å². The maximum Gasteiger partial charge on any atom is 0.257 e. The van der Waals surface area contributed by atoms with Crippen LogP contribution in [-0.4, -0.2) is 44.1 Å². The van der Waals surface area contributed by atoms with Crippen molar-refractivity contribution >= 4 is 11.6 Å². The van der Waals surface area contributed by atoms with Gasteiger partial charge < -0.3 is 14.5 Å². The second-order valence-electron chi connectivity index (χ2n) is 5.89. The first-order valence-electron chi connectivity index (χ1n) is 8.04. The Kier molecular flexibility index (Phi) is 4.69. The van der Waals surface area contributed by atoms with Crippen molar-refractivity contribution in [1.29, 1.82) is 0 Å². The number of methoxy groups -OCH3 is 1. The average Bonchev–Trinajstić information content (AvgIpc) is 2.61. The number of anilines is 1. The van der Waals surface area contributed by atoms with Crippen molar-refractivity contribution in [2.24, 2.45) is 0 Å². The first kappa shape index (κ1) is 16.3. The molecule has 1 aliphatic rings. The van der Waals surface area contributed by atoms with Crippen LogP contribution in [0.2, 0.25) is 0 Å². The van der Waals surface area contributed by atoms with Crippen molar-refractivity contribution in [3.05, 3.63) is 59.4 Å². The Labute approximate surface area is 141 Å². The molecule has 1 amide bonds. The second-order valence-corrected chi connectivity index (χ2v) is 5.89. The number of hydrogen-bond donors (Lipinski definition) is 0. The number of halogens is 1. The van der Waals surface area contributed by atoms with Gasteiger partial charge in [-0.2, -0.15) is 0 Å². The summed E-state index contributed by atoms with van der Waals surface area (Å²) in [5.41, 5.74) is 2.11. The van der Waals surface area contributed by atoms with Crippen LogP contribution in [0, 0.1) is 12.7 Å². The van der Waals surface area contributed by atoms with Gasteiger partial charge in [0.1, 0.15) is 11.6 Å². The van der Waals surface area contributed by atoms with E-state index in [4.69, 9.17) is 4.74 Å². The molecule has 0 aliphatic carbocycles. The summed E-state index contributed by atoms with van der Waals surface area (Å²) >= 11 is 0. The Morgan fingerprint density at radius 3 is 2.42 bits per heavy atom. The van der Waals surface area contributed by atoms with Gasteiger partial charge in [0.25, 0.3) is 5.91 Å². The lowest BCUT2D eigenvalue weighted by Gasteiger charge is -2.36. The number of rotatable bonds is 3. The van der Waals surface area contributed by atoms with Gasteiger partial charge in [-0.15, -0.1) is 0 Å². The maximum atomic E-state index is 13.9. The lowest BCUT2D eigenvalue weighted by atomic mass is 10.1. The van der Waals surface area contributed by atoms with Crippen LogP contribution in [0.3, 0.4) is 0 Å². The van der Waals surface area contributed by atoms with Crippen LogP contribution in [0.15, 0.2) is 42.5 Å². The normalized spacial score (nSPS) is 14.6. The Morgan fingerprint density at radius 2 is 1.75 bits per heavy atom. The summed E-state index contributed by atoms with van der Waals surface area (Å²) in [6, 6.07) is 12.3. The minimum absolute atomic E-state index is 0.0382. The highest BCUT2D eigenvalue weighted by atomic mass is 19.1. The predicted octanol–water partition coefficient (Wildman–Crippen LogP) is 3.11. The summed E-state index contributed by atoms with van der Waals surface area (Å²) in [6.45, 7) is 4.27. The molecule has 4 nitrogen and oxygen atoms in total. The molecular formula is C19H21FN2O2. The van der Waals surface area contributed by atoms with Crippen LogP contribution in [0.1, 0.15) is 15.9 Å². The van der Waals surface area contributed by atoms with E-state index in [0.717, 1.165) is 5.56 Å². The minimum atomic E-state index is -0.224. The van der Waals surface area contributed by atoms with Crippen molar-refractivity contribution in [3.63, 3.8) is 0 Å². The van der Waals surface area contributed by atoms with Gasteiger partial charge in [-0.25, -0.2) is 4.39 Å². The molecule has 5 heteroatoms. The SMILES string of the molecule is COc1c(C)cccc1C(=O)N1CCN(c2ccccc2F)CC1. The molecule has 3 rings (SSSR count). The number of nitrogens with zero attached hydrogens (tertiary/aromatic N) is 2. The fraction of sp³-hybridized carbons (Fsp3) is 0.316. The zero-order valence-corrected chi connectivity index (χ0v) is 14.0. The molecule has 0 aromatic heterocycles. The van der Waals surface area contributed by atoms with Crippen molar-refractivity contribution in [2.75, 3.05) is 38.2 Å². The first-order chi connectivity index (χ1) is 11.6. The largest absolute Gasteiger partial charge is 0.496 e. The van der Waals surface area contributed by atoms with Gasteiger partial charge >= 0.3 is 0 Å². The molecule has 0 bridgehead atoms. The molecule has 0 saturated carbocycles. The highest BCUT2D eigenvalue weighted by Gasteiger charge is 2.25. The van der Waals surface area contributed by atoms with E-state index in [2.05, 4.69) is 0 Å². The highest BCUT2D eigenvalue weighted by Crippen LogP contribution is 2.26. The molecule has 0 N–H and O–H groups in total. The average molecular weight is 328 g/mol. The first-order valence-corrected chi connectivity index (χ1v) is 8.04. The molecule has 0 radical (unpaired) electrons. The Balaban J connectivity index is 1.72. The van der Waals surface area contributed by atoms with E-state index in [1.807, 2.05) is 30.0 Å². The van der Waals surface area contributed by atoms with Crippen LogP contribution in [-0.2, 0) is 0 Å². The maximum absolute atomic E-state index is 13.9. The van der Waals surface area contributed by atoms with Crippen LogP contribution in [0.25, 0.3) is 0 Å². The zero-order chi connectivity index (χ0) is 17.1. The van der Waals surface area contributed by atoms with E-state index in [9.17, 15) is 9.18 Å². The summed E-state index contributed by atoms with van der Waals surface area (Å²) in [5, 5.41) is 0. The summed E-state index contributed by atoms with van der Waals surface area (Å²) in [6.07, 6.45) is 0. The lowest BCUT2D eigenvalue weighted by molar-refractivity contribution is 0.0743. The van der Waals surface area contributed by atoms with Crippen LogP contribution >= 0.6 is 0 Å². The molecule has 1 saturated heterocycles. The quantitative estimate of drug-likeness (QED) is 0.868. The number of piperazine rings is 1. The number of para-hydroxylation sites is 2. The molecule has 1 heterocycles. The fourth-order valence-electron chi connectivity index (χ4n) is 3.12. The van der Waals surface area contributed by atoms with Gasteiger partial charge in [0.2, 0.25) is 0 Å². The van der Waals surface area contributed by atoms with Gasteiger partial charge in [-0.1, -0.05) is 24.3 Å². The number of ether oxygens (including phenoxy) is 1. The summed E-state index contributed by atoms with van der Waals surface area (Å²) < 4.78 is 19.3. The molecule has 24 heavy (non-hydrogen) atoms. The summed E-state index contributed by atoms with van der Waals surface area (Å²) in [5.74, 6) is 0.361. The molecule has 2 aromatic carbocycles. The second kappa shape index (κ2) is 6.91. The van der Waals surface area contributed by atoms with Crippen LogP contribution < -0.4 is 9.64 Å². The standard InChI is InChI=1S/C19H21FN2O2/c1-14-6-5-7-15(18(14)24-2)19(23)22-12-10-21(11-13-22)17-9-4-3-8-16(17)20/h3-9H,10-13H2,1-2H3. The number of aryl methyl sites for hydroxylation is 1. The van der Waals surface area contributed by atoms with Gasteiger partial charge in [0.15, 0.2) is 0 Å². The topological polar surface area (TPSA) is 32.8 Å². The van der Waals surface area contributed by atoms with Crippen molar-refractivity contribution < 1.29 is 13.9 Å². The third-order valence-corrected chi connectivity index (χ3v) is 4.41. The van der Waals surface area contributed by atoms with E-state index >= 15 is 0 Å². The molecule has 0 atom stereocenters. The molecule has 126 valence electrons. The van der Waals surface area contributed by atoms with E-state index in [1.54, 1.807) is 30.2 Å². The summed E-state index contributed by atoms with van der Waals surface area (Å²) in [4.78, 5) is 16.6. The highest BCUT2D eigenvalue weighted by molar-refractivity contribution is 5.97. The molecule has 0 spiro atoms. The minimum Gasteiger partial charge on any atom is -0.496 e. The smallest absolute Gasteiger partial charge is 0.257 e. The third kappa shape index (κ3) is 3.07. The van der Waals surface area contributed by atoms with Gasteiger partial charge in [-0.05, 0) is 30.7 Å². The van der Waals surface area contributed by atoms with E-state index in [-0.39, 0.29) is 11.7 Å². The van der Waals surface area contributed by atoms with Crippen molar-refractivity contribution in [2.45, 2.75) is 6.92 Å². The zero-order valence-electron chi connectivity index (χ0n) is 14.0. The molecular weight excluding hydrogens is 307 g/mol. The Bertz CT molecular complexity index is 740. The monoisotopic (exact) mass is 328 g/mol. The van der Waals surface area contributed by atoms with E-state index in [0.29, 0.717) is 43.2 Å². The number of carbonyl (C=O) groups is 1.